The minimum Gasteiger partial charge on any atom is -0.339 e. The predicted octanol–water partition coefficient (Wildman–Crippen LogP) is 2.25. The van der Waals surface area contributed by atoms with Crippen LogP contribution in [0.4, 0.5) is 5.13 Å². The molecule has 2 heterocycles. The van der Waals surface area contributed by atoms with Crippen molar-refractivity contribution in [2.75, 3.05) is 31.1 Å². The molecule has 21 heavy (non-hydrogen) atoms. The van der Waals surface area contributed by atoms with Gasteiger partial charge in [0.1, 0.15) is 5.01 Å². The third kappa shape index (κ3) is 2.91. The van der Waals surface area contributed by atoms with Crippen molar-refractivity contribution in [3.63, 3.8) is 0 Å². The molecule has 2 aliphatic carbocycles. The Morgan fingerprint density at radius 2 is 1.90 bits per heavy atom. The van der Waals surface area contributed by atoms with Gasteiger partial charge in [0.25, 0.3) is 0 Å². The standard InChI is InChI=1S/C15H22N4OS/c20-13-10-19(15-17-16-14(21-15)12-5-6-12)8-7-18(13)9-11-3-1-2-4-11/h11-12H,1-10H2. The van der Waals surface area contributed by atoms with E-state index in [1.54, 1.807) is 11.3 Å². The zero-order chi connectivity index (χ0) is 14.2. The molecule has 1 aliphatic heterocycles. The van der Waals surface area contributed by atoms with Crippen LogP contribution in [-0.4, -0.2) is 47.2 Å². The van der Waals surface area contributed by atoms with E-state index in [4.69, 9.17) is 0 Å². The Morgan fingerprint density at radius 3 is 2.62 bits per heavy atom. The minimum atomic E-state index is 0.260. The molecule has 0 unspecified atom stereocenters. The largest absolute Gasteiger partial charge is 0.339 e. The Hall–Kier alpha value is -1.17. The van der Waals surface area contributed by atoms with E-state index in [9.17, 15) is 4.79 Å². The van der Waals surface area contributed by atoms with E-state index in [-0.39, 0.29) is 5.91 Å². The van der Waals surface area contributed by atoms with Crippen LogP contribution < -0.4 is 4.90 Å². The van der Waals surface area contributed by atoms with E-state index < -0.39 is 0 Å². The molecular weight excluding hydrogens is 284 g/mol. The molecule has 0 aromatic carbocycles. The van der Waals surface area contributed by atoms with Crippen LogP contribution in [0.2, 0.25) is 0 Å². The maximum atomic E-state index is 12.4. The van der Waals surface area contributed by atoms with Gasteiger partial charge < -0.3 is 9.80 Å². The second-order valence-electron chi connectivity index (χ2n) is 6.61. The highest BCUT2D eigenvalue weighted by Gasteiger charge is 2.31. The molecule has 0 radical (unpaired) electrons. The van der Waals surface area contributed by atoms with Crippen molar-refractivity contribution in [2.24, 2.45) is 5.92 Å². The van der Waals surface area contributed by atoms with Crippen LogP contribution >= 0.6 is 11.3 Å². The SMILES string of the molecule is O=C1CN(c2nnc(C3CC3)s2)CCN1CC1CCCC1. The lowest BCUT2D eigenvalue weighted by Gasteiger charge is -2.35. The first kappa shape index (κ1) is 13.5. The number of nitrogens with zero attached hydrogens (tertiary/aromatic N) is 4. The molecule has 1 aromatic rings. The maximum absolute atomic E-state index is 12.4. The molecule has 5 nitrogen and oxygen atoms in total. The first-order chi connectivity index (χ1) is 10.3. The van der Waals surface area contributed by atoms with Crippen LogP contribution in [0.25, 0.3) is 0 Å². The molecule has 3 aliphatic rings. The van der Waals surface area contributed by atoms with Crippen molar-refractivity contribution < 1.29 is 4.79 Å². The van der Waals surface area contributed by atoms with Gasteiger partial charge in [0.05, 0.1) is 6.54 Å². The van der Waals surface area contributed by atoms with Gasteiger partial charge in [-0.05, 0) is 31.6 Å². The molecule has 0 bridgehead atoms. The highest BCUT2D eigenvalue weighted by Crippen LogP contribution is 2.42. The predicted molar refractivity (Wildman–Crippen MR) is 82.6 cm³/mol. The second-order valence-corrected chi connectivity index (χ2v) is 7.60. The summed E-state index contributed by atoms with van der Waals surface area (Å²) in [6, 6.07) is 0. The summed E-state index contributed by atoms with van der Waals surface area (Å²) in [5.74, 6) is 1.65. The Morgan fingerprint density at radius 1 is 1.10 bits per heavy atom. The lowest BCUT2D eigenvalue weighted by Crippen LogP contribution is -2.51. The number of carbonyl (C=O) groups excluding carboxylic acids is 1. The van der Waals surface area contributed by atoms with Gasteiger partial charge in [-0.3, -0.25) is 4.79 Å². The third-order valence-electron chi connectivity index (χ3n) is 4.90. The zero-order valence-corrected chi connectivity index (χ0v) is 13.1. The molecule has 1 aromatic heterocycles. The van der Waals surface area contributed by atoms with Gasteiger partial charge in [0.15, 0.2) is 0 Å². The van der Waals surface area contributed by atoms with Crippen LogP contribution in [0.15, 0.2) is 0 Å². The zero-order valence-electron chi connectivity index (χ0n) is 12.3. The quantitative estimate of drug-likeness (QED) is 0.856. The van der Waals surface area contributed by atoms with Crippen LogP contribution in [-0.2, 0) is 4.79 Å². The molecular formula is C15H22N4OS. The fourth-order valence-electron chi connectivity index (χ4n) is 3.42. The van der Waals surface area contributed by atoms with E-state index in [2.05, 4.69) is 20.0 Å². The molecule has 2 saturated carbocycles. The van der Waals surface area contributed by atoms with E-state index in [0.29, 0.717) is 12.5 Å². The number of carbonyl (C=O) groups is 1. The number of rotatable bonds is 4. The average Bonchev–Trinajstić information content (AvgIpc) is 3.01. The number of piperazine rings is 1. The lowest BCUT2D eigenvalue weighted by atomic mass is 10.1. The molecule has 1 saturated heterocycles. The molecule has 0 N–H and O–H groups in total. The van der Waals surface area contributed by atoms with E-state index in [0.717, 1.165) is 35.7 Å². The second kappa shape index (κ2) is 5.55. The molecule has 4 rings (SSSR count). The summed E-state index contributed by atoms with van der Waals surface area (Å²) in [6.07, 6.45) is 7.79. The molecule has 3 fully saturated rings. The third-order valence-corrected chi connectivity index (χ3v) is 6.05. The molecule has 0 atom stereocenters. The average molecular weight is 306 g/mol. The highest BCUT2D eigenvalue weighted by molar-refractivity contribution is 7.15. The van der Waals surface area contributed by atoms with Crippen molar-refractivity contribution in [2.45, 2.75) is 44.4 Å². The van der Waals surface area contributed by atoms with Crippen molar-refractivity contribution in [3.8, 4) is 0 Å². The first-order valence-corrected chi connectivity index (χ1v) is 8.97. The fourth-order valence-corrected chi connectivity index (χ4v) is 4.46. The summed E-state index contributed by atoms with van der Waals surface area (Å²) >= 11 is 1.68. The van der Waals surface area contributed by atoms with Gasteiger partial charge >= 0.3 is 0 Å². The molecule has 114 valence electrons. The Kier molecular flexibility index (Phi) is 3.57. The van der Waals surface area contributed by atoms with Crippen LogP contribution in [0.3, 0.4) is 0 Å². The highest BCUT2D eigenvalue weighted by atomic mass is 32.1. The van der Waals surface area contributed by atoms with Crippen LogP contribution in [0.5, 0.6) is 0 Å². The van der Waals surface area contributed by atoms with Gasteiger partial charge in [0.2, 0.25) is 11.0 Å². The summed E-state index contributed by atoms with van der Waals surface area (Å²) in [7, 11) is 0. The molecule has 6 heteroatoms. The summed E-state index contributed by atoms with van der Waals surface area (Å²) < 4.78 is 0. The van der Waals surface area contributed by atoms with Gasteiger partial charge in [-0.25, -0.2) is 0 Å². The van der Waals surface area contributed by atoms with Crippen molar-refractivity contribution >= 4 is 22.4 Å². The van der Waals surface area contributed by atoms with Crippen molar-refractivity contribution in [1.82, 2.24) is 15.1 Å². The first-order valence-electron chi connectivity index (χ1n) is 8.16. The van der Waals surface area contributed by atoms with Gasteiger partial charge in [-0.1, -0.05) is 24.2 Å². The van der Waals surface area contributed by atoms with Gasteiger partial charge in [-0.2, -0.15) is 0 Å². The van der Waals surface area contributed by atoms with Crippen molar-refractivity contribution in [3.05, 3.63) is 5.01 Å². The summed E-state index contributed by atoms with van der Waals surface area (Å²) in [6.45, 7) is 3.19. The Labute approximate surface area is 129 Å². The van der Waals surface area contributed by atoms with Crippen LogP contribution in [0.1, 0.15) is 49.5 Å². The summed E-state index contributed by atoms with van der Waals surface area (Å²) in [5, 5.41) is 10.7. The topological polar surface area (TPSA) is 49.3 Å². The Bertz CT molecular complexity index is 521. The van der Waals surface area contributed by atoms with E-state index in [1.807, 2.05) is 0 Å². The number of amides is 1. The smallest absolute Gasteiger partial charge is 0.242 e. The van der Waals surface area contributed by atoms with Crippen LogP contribution in [0, 0.1) is 5.92 Å². The summed E-state index contributed by atoms with van der Waals surface area (Å²) in [4.78, 5) is 16.5. The fraction of sp³-hybridized carbons (Fsp3) is 0.800. The number of aromatic nitrogens is 2. The number of hydrogen-bond acceptors (Lipinski definition) is 5. The number of anilines is 1. The monoisotopic (exact) mass is 306 g/mol. The van der Waals surface area contributed by atoms with Gasteiger partial charge in [-0.15, -0.1) is 10.2 Å². The minimum absolute atomic E-state index is 0.260. The maximum Gasteiger partial charge on any atom is 0.242 e. The van der Waals surface area contributed by atoms with E-state index in [1.165, 1.54) is 38.5 Å². The van der Waals surface area contributed by atoms with E-state index >= 15 is 0 Å². The normalized spacial score (nSPS) is 24.1. The molecule has 1 amide bonds. The molecule has 0 spiro atoms. The Balaban J connectivity index is 1.36. The number of hydrogen-bond donors (Lipinski definition) is 0. The van der Waals surface area contributed by atoms with Crippen molar-refractivity contribution in [1.29, 1.82) is 0 Å². The lowest BCUT2D eigenvalue weighted by molar-refractivity contribution is -0.131. The summed E-state index contributed by atoms with van der Waals surface area (Å²) in [5.41, 5.74) is 0. The van der Waals surface area contributed by atoms with Gasteiger partial charge in [0, 0.05) is 25.6 Å².